The van der Waals surface area contributed by atoms with Crippen LogP contribution >= 0.6 is 0 Å². The standard InChI is InChI=1S/C17H18/c1-12(2)11-14(4)17-13(3)9-10-15-7-5-6-8-16(15)17/h5-11H,1H2,2-4H3/b14-11+. The molecule has 2 aromatic carbocycles. The largest absolute Gasteiger partial charge is 0.0961 e. The third-order valence-electron chi connectivity index (χ3n) is 2.99. The molecule has 0 fully saturated rings. The highest BCUT2D eigenvalue weighted by Crippen LogP contribution is 2.28. The molecular weight excluding hydrogens is 204 g/mol. The Labute approximate surface area is 103 Å². The van der Waals surface area contributed by atoms with Crippen LogP contribution in [0.2, 0.25) is 0 Å². The van der Waals surface area contributed by atoms with Crippen molar-refractivity contribution in [1.82, 2.24) is 0 Å². The number of benzene rings is 2. The van der Waals surface area contributed by atoms with E-state index in [0.29, 0.717) is 0 Å². The first-order valence-corrected chi connectivity index (χ1v) is 5.92. The molecule has 0 saturated heterocycles. The van der Waals surface area contributed by atoms with E-state index >= 15 is 0 Å². The summed E-state index contributed by atoms with van der Waals surface area (Å²) < 4.78 is 0. The number of allylic oxidation sites excluding steroid dienone is 3. The quantitative estimate of drug-likeness (QED) is 0.618. The van der Waals surface area contributed by atoms with E-state index in [-0.39, 0.29) is 0 Å². The van der Waals surface area contributed by atoms with Crippen molar-refractivity contribution in [1.29, 1.82) is 0 Å². The third-order valence-corrected chi connectivity index (χ3v) is 2.99. The van der Waals surface area contributed by atoms with Gasteiger partial charge in [0.2, 0.25) is 0 Å². The van der Waals surface area contributed by atoms with E-state index in [1.165, 1.54) is 27.5 Å². The predicted octanol–water partition coefficient (Wildman–Crippen LogP) is 5.13. The summed E-state index contributed by atoms with van der Waals surface area (Å²) in [7, 11) is 0. The van der Waals surface area contributed by atoms with E-state index < -0.39 is 0 Å². The molecule has 17 heavy (non-hydrogen) atoms. The molecule has 0 aliphatic carbocycles. The molecule has 0 heteroatoms. The van der Waals surface area contributed by atoms with Crippen molar-refractivity contribution in [3.05, 3.63) is 65.8 Å². The van der Waals surface area contributed by atoms with Crippen molar-refractivity contribution in [2.45, 2.75) is 20.8 Å². The van der Waals surface area contributed by atoms with Crippen molar-refractivity contribution in [3.63, 3.8) is 0 Å². The number of rotatable bonds is 2. The summed E-state index contributed by atoms with van der Waals surface area (Å²) in [5.74, 6) is 0. The second-order valence-electron chi connectivity index (χ2n) is 4.65. The summed E-state index contributed by atoms with van der Waals surface area (Å²) in [6.07, 6.45) is 2.15. The molecule has 0 nitrogen and oxygen atoms in total. The predicted molar refractivity (Wildman–Crippen MR) is 77.2 cm³/mol. The smallest absolute Gasteiger partial charge is 0.0106 e. The minimum atomic E-state index is 1.09. The van der Waals surface area contributed by atoms with Crippen LogP contribution in [0.3, 0.4) is 0 Å². The van der Waals surface area contributed by atoms with Gasteiger partial charge in [0, 0.05) is 0 Å². The van der Waals surface area contributed by atoms with Crippen LogP contribution in [0.5, 0.6) is 0 Å². The van der Waals surface area contributed by atoms with Crippen LogP contribution in [-0.2, 0) is 0 Å². The van der Waals surface area contributed by atoms with Gasteiger partial charge >= 0.3 is 0 Å². The van der Waals surface area contributed by atoms with Gasteiger partial charge in [-0.2, -0.15) is 0 Å². The lowest BCUT2D eigenvalue weighted by molar-refractivity contribution is 1.43. The number of fused-ring (bicyclic) bond motifs is 1. The van der Waals surface area contributed by atoms with E-state index in [9.17, 15) is 0 Å². The van der Waals surface area contributed by atoms with Gasteiger partial charge < -0.3 is 0 Å². The summed E-state index contributed by atoms with van der Waals surface area (Å²) in [6, 6.07) is 12.9. The molecule has 0 spiro atoms. The van der Waals surface area contributed by atoms with Crippen molar-refractivity contribution < 1.29 is 0 Å². The van der Waals surface area contributed by atoms with Gasteiger partial charge in [0.15, 0.2) is 0 Å². The normalized spacial score (nSPS) is 11.8. The lowest BCUT2D eigenvalue weighted by Crippen LogP contribution is -1.89. The van der Waals surface area contributed by atoms with Crippen LogP contribution in [0, 0.1) is 6.92 Å². The maximum atomic E-state index is 3.95. The summed E-state index contributed by atoms with van der Waals surface area (Å²) in [6.45, 7) is 10.3. The summed E-state index contributed by atoms with van der Waals surface area (Å²) in [4.78, 5) is 0. The molecular formula is C17H18. The monoisotopic (exact) mass is 222 g/mol. The average Bonchev–Trinajstić information content (AvgIpc) is 2.27. The van der Waals surface area contributed by atoms with Crippen molar-refractivity contribution in [2.75, 3.05) is 0 Å². The molecule has 0 bridgehead atoms. The van der Waals surface area contributed by atoms with E-state index in [0.717, 1.165) is 5.57 Å². The highest BCUT2D eigenvalue weighted by Gasteiger charge is 2.05. The Kier molecular flexibility index (Phi) is 3.14. The minimum absolute atomic E-state index is 1.09. The SMILES string of the molecule is C=C(C)/C=C(\C)c1c(C)ccc2ccccc12. The molecule has 2 aromatic rings. The van der Waals surface area contributed by atoms with Crippen molar-refractivity contribution in [2.24, 2.45) is 0 Å². The lowest BCUT2D eigenvalue weighted by atomic mass is 9.94. The Morgan fingerprint density at radius 3 is 2.47 bits per heavy atom. The molecule has 0 radical (unpaired) electrons. The second kappa shape index (κ2) is 4.58. The maximum absolute atomic E-state index is 3.95. The molecule has 86 valence electrons. The molecule has 0 heterocycles. The molecule has 0 aliphatic rings. The first-order valence-electron chi connectivity index (χ1n) is 5.92. The molecule has 0 unspecified atom stereocenters. The zero-order chi connectivity index (χ0) is 12.4. The minimum Gasteiger partial charge on any atom is -0.0961 e. The zero-order valence-electron chi connectivity index (χ0n) is 10.7. The molecule has 0 N–H and O–H groups in total. The fraction of sp³-hybridized carbons (Fsp3) is 0.176. The summed E-state index contributed by atoms with van der Waals surface area (Å²) >= 11 is 0. The number of aryl methyl sites for hydroxylation is 1. The number of hydrogen-bond donors (Lipinski definition) is 0. The Bertz CT molecular complexity index is 600. The van der Waals surface area contributed by atoms with Crippen LogP contribution in [0.4, 0.5) is 0 Å². The van der Waals surface area contributed by atoms with Gasteiger partial charge in [0.1, 0.15) is 0 Å². The first kappa shape index (κ1) is 11.7. The van der Waals surface area contributed by atoms with Gasteiger partial charge in [-0.15, -0.1) is 0 Å². The van der Waals surface area contributed by atoms with Crippen LogP contribution in [0.25, 0.3) is 16.3 Å². The van der Waals surface area contributed by atoms with Gasteiger partial charge in [-0.25, -0.2) is 0 Å². The average molecular weight is 222 g/mol. The van der Waals surface area contributed by atoms with Crippen LogP contribution in [0.1, 0.15) is 25.0 Å². The fourth-order valence-electron chi connectivity index (χ4n) is 2.35. The summed E-state index contributed by atoms with van der Waals surface area (Å²) in [5.41, 5.74) is 5.03. The molecule has 2 rings (SSSR count). The van der Waals surface area contributed by atoms with Crippen LogP contribution in [0.15, 0.2) is 54.6 Å². The summed E-state index contributed by atoms with van der Waals surface area (Å²) in [5, 5.41) is 2.62. The molecule has 0 saturated carbocycles. The van der Waals surface area contributed by atoms with Gasteiger partial charge in [-0.05, 0) is 48.2 Å². The Balaban J connectivity index is 2.75. The first-order chi connectivity index (χ1) is 8.09. The number of hydrogen-bond acceptors (Lipinski definition) is 0. The van der Waals surface area contributed by atoms with E-state index in [2.05, 4.69) is 62.9 Å². The third kappa shape index (κ3) is 2.31. The fourth-order valence-corrected chi connectivity index (χ4v) is 2.35. The second-order valence-corrected chi connectivity index (χ2v) is 4.65. The van der Waals surface area contributed by atoms with Crippen molar-refractivity contribution >= 4 is 16.3 Å². The Morgan fingerprint density at radius 2 is 1.76 bits per heavy atom. The van der Waals surface area contributed by atoms with Gasteiger partial charge in [-0.1, -0.05) is 54.6 Å². The molecule has 0 atom stereocenters. The van der Waals surface area contributed by atoms with Crippen LogP contribution in [-0.4, -0.2) is 0 Å². The van der Waals surface area contributed by atoms with Crippen molar-refractivity contribution in [3.8, 4) is 0 Å². The Hall–Kier alpha value is -1.82. The molecule has 0 aliphatic heterocycles. The van der Waals surface area contributed by atoms with Gasteiger partial charge in [0.05, 0.1) is 0 Å². The zero-order valence-corrected chi connectivity index (χ0v) is 10.7. The highest BCUT2D eigenvalue weighted by molar-refractivity contribution is 5.95. The van der Waals surface area contributed by atoms with Gasteiger partial charge in [-0.3, -0.25) is 0 Å². The molecule has 0 aromatic heterocycles. The maximum Gasteiger partial charge on any atom is -0.0106 e. The van der Waals surface area contributed by atoms with Gasteiger partial charge in [0.25, 0.3) is 0 Å². The van der Waals surface area contributed by atoms with E-state index in [4.69, 9.17) is 0 Å². The lowest BCUT2D eigenvalue weighted by Gasteiger charge is -2.11. The highest BCUT2D eigenvalue weighted by atomic mass is 14.1. The van der Waals surface area contributed by atoms with E-state index in [1.54, 1.807) is 0 Å². The van der Waals surface area contributed by atoms with E-state index in [1.807, 2.05) is 6.92 Å². The molecule has 0 amide bonds. The topological polar surface area (TPSA) is 0 Å². The Morgan fingerprint density at radius 1 is 1.06 bits per heavy atom. The van der Waals surface area contributed by atoms with Crippen LogP contribution < -0.4 is 0 Å².